The smallest absolute Gasteiger partial charge is 0.302 e. The van der Waals surface area contributed by atoms with E-state index in [4.69, 9.17) is 9.79 Å². The second-order valence-corrected chi connectivity index (χ2v) is 7.35. The first kappa shape index (κ1) is 16.3. The van der Waals surface area contributed by atoms with Crippen molar-refractivity contribution in [1.82, 2.24) is 0 Å². The molecule has 2 N–H and O–H groups in total. The van der Waals surface area contributed by atoms with Crippen molar-refractivity contribution in [3.8, 4) is 0 Å². The molecule has 0 saturated carbocycles. The van der Waals surface area contributed by atoms with E-state index in [0.717, 1.165) is 0 Å². The summed E-state index contributed by atoms with van der Waals surface area (Å²) in [5.74, 6) is 0. The monoisotopic (exact) mass is 308 g/mol. The molecule has 0 unspecified atom stereocenters. The first-order chi connectivity index (χ1) is 8.68. The fourth-order valence-corrected chi connectivity index (χ4v) is 4.82. The van der Waals surface area contributed by atoms with Crippen LogP contribution in [0.1, 0.15) is 32.3 Å². The summed E-state index contributed by atoms with van der Waals surface area (Å²) in [6, 6.07) is 8.28. The van der Waals surface area contributed by atoms with Crippen molar-refractivity contribution in [2.75, 3.05) is 0 Å². The zero-order valence-corrected chi connectivity index (χ0v) is 12.4. The van der Waals surface area contributed by atoms with Crippen molar-refractivity contribution < 1.29 is 26.7 Å². The van der Waals surface area contributed by atoms with Crippen LogP contribution in [0.15, 0.2) is 30.3 Å². The normalized spacial score (nSPS) is 13.5. The minimum Gasteiger partial charge on any atom is -0.302 e. The zero-order valence-electron chi connectivity index (χ0n) is 10.7. The van der Waals surface area contributed by atoms with Crippen LogP contribution in [-0.4, -0.2) is 18.2 Å². The summed E-state index contributed by atoms with van der Waals surface area (Å²) in [6.07, 6.45) is 0.297. The van der Waals surface area contributed by atoms with Gasteiger partial charge in [0.25, 0.3) is 10.1 Å². The average Bonchev–Trinajstić information content (AvgIpc) is 2.29. The molecule has 19 heavy (non-hydrogen) atoms. The van der Waals surface area contributed by atoms with E-state index >= 15 is 0 Å². The van der Waals surface area contributed by atoms with Crippen molar-refractivity contribution in [1.29, 1.82) is 0 Å². The first-order valence-corrected chi connectivity index (χ1v) is 8.69. The van der Waals surface area contributed by atoms with Crippen LogP contribution in [0.5, 0.6) is 0 Å². The Morgan fingerprint density at radius 3 is 2.00 bits per heavy atom. The standard InChI is InChI=1S/C11H17O6PS/c1-3-11(4-2,10-8-6-5-7-9-10)19(15,16)17-18(12,13)14/h5-9H,3-4H2,1-2H3,(H2,12,13,14). The third kappa shape index (κ3) is 3.43. The number of phosphoric acid groups is 1. The molecule has 6 nitrogen and oxygen atoms in total. The van der Waals surface area contributed by atoms with Crippen LogP contribution in [0.2, 0.25) is 0 Å². The Balaban J connectivity index is 3.40. The number of rotatable bonds is 6. The van der Waals surface area contributed by atoms with Crippen LogP contribution < -0.4 is 0 Å². The van der Waals surface area contributed by atoms with E-state index in [0.29, 0.717) is 5.56 Å². The fraction of sp³-hybridized carbons (Fsp3) is 0.455. The Labute approximate surface area is 112 Å². The highest BCUT2D eigenvalue weighted by molar-refractivity contribution is 7.91. The van der Waals surface area contributed by atoms with Gasteiger partial charge in [-0.1, -0.05) is 44.2 Å². The third-order valence-corrected chi connectivity index (χ3v) is 6.45. The van der Waals surface area contributed by atoms with Crippen molar-refractivity contribution >= 4 is 17.9 Å². The van der Waals surface area contributed by atoms with Crippen LogP contribution in [0.25, 0.3) is 0 Å². The van der Waals surface area contributed by atoms with Crippen molar-refractivity contribution in [3.63, 3.8) is 0 Å². The van der Waals surface area contributed by atoms with E-state index in [-0.39, 0.29) is 12.8 Å². The Morgan fingerprint density at radius 2 is 1.63 bits per heavy atom. The molecule has 0 radical (unpaired) electrons. The predicted octanol–water partition coefficient (Wildman–Crippen LogP) is 2.14. The Bertz CT molecular complexity index is 558. The Hall–Kier alpha value is -0.720. The quantitative estimate of drug-likeness (QED) is 0.781. The Morgan fingerprint density at radius 1 is 1.16 bits per heavy atom. The molecule has 0 aromatic heterocycles. The lowest BCUT2D eigenvalue weighted by molar-refractivity contribution is 0.277. The molecule has 0 amide bonds. The van der Waals surface area contributed by atoms with Crippen LogP contribution >= 0.6 is 7.82 Å². The molecular weight excluding hydrogens is 291 g/mol. The van der Waals surface area contributed by atoms with Gasteiger partial charge < -0.3 is 9.79 Å². The topological polar surface area (TPSA) is 101 Å². The van der Waals surface area contributed by atoms with E-state index in [9.17, 15) is 13.0 Å². The van der Waals surface area contributed by atoms with Gasteiger partial charge in [0.2, 0.25) is 0 Å². The first-order valence-electron chi connectivity index (χ1n) is 5.75. The molecule has 108 valence electrons. The molecule has 0 heterocycles. The predicted molar refractivity (Wildman–Crippen MR) is 70.8 cm³/mol. The average molecular weight is 308 g/mol. The van der Waals surface area contributed by atoms with Gasteiger partial charge in [-0.3, -0.25) is 0 Å². The van der Waals surface area contributed by atoms with Gasteiger partial charge in [0, 0.05) is 0 Å². The maximum Gasteiger partial charge on any atom is 0.484 e. The lowest BCUT2D eigenvalue weighted by Gasteiger charge is -2.30. The number of hydrogen-bond donors (Lipinski definition) is 2. The van der Waals surface area contributed by atoms with Gasteiger partial charge in [-0.05, 0) is 18.4 Å². The molecule has 0 aliphatic heterocycles. The number of hydrogen-bond acceptors (Lipinski definition) is 4. The summed E-state index contributed by atoms with van der Waals surface area (Å²) in [5.41, 5.74) is 0.452. The molecule has 0 bridgehead atoms. The lowest BCUT2D eigenvalue weighted by atomic mass is 9.93. The van der Waals surface area contributed by atoms with E-state index in [1.807, 2.05) is 0 Å². The van der Waals surface area contributed by atoms with Crippen molar-refractivity contribution in [2.45, 2.75) is 31.4 Å². The minimum atomic E-state index is -5.12. The molecule has 1 aromatic carbocycles. The summed E-state index contributed by atoms with van der Waals surface area (Å²) in [7, 11) is -9.58. The maximum atomic E-state index is 12.2. The van der Waals surface area contributed by atoms with Gasteiger partial charge in [-0.15, -0.1) is 0 Å². The molecule has 0 spiro atoms. The van der Waals surface area contributed by atoms with Gasteiger partial charge in [0.1, 0.15) is 4.75 Å². The van der Waals surface area contributed by atoms with E-state index in [1.165, 1.54) is 0 Å². The van der Waals surface area contributed by atoms with Crippen molar-refractivity contribution in [3.05, 3.63) is 35.9 Å². The second kappa shape index (κ2) is 5.73. The van der Waals surface area contributed by atoms with Crippen LogP contribution in [0.4, 0.5) is 0 Å². The zero-order chi connectivity index (χ0) is 14.7. The molecule has 0 atom stereocenters. The summed E-state index contributed by atoms with van der Waals surface area (Å²) in [6.45, 7) is 3.27. The van der Waals surface area contributed by atoms with Crippen LogP contribution in [0.3, 0.4) is 0 Å². The Kier molecular flexibility index (Phi) is 4.92. The highest BCUT2D eigenvalue weighted by Gasteiger charge is 2.46. The van der Waals surface area contributed by atoms with Gasteiger partial charge in [-0.25, -0.2) is 4.57 Å². The van der Waals surface area contributed by atoms with E-state index < -0.39 is 22.7 Å². The summed E-state index contributed by atoms with van der Waals surface area (Å²) >= 11 is 0. The molecule has 0 aliphatic rings. The van der Waals surface area contributed by atoms with Crippen LogP contribution in [0, 0.1) is 0 Å². The second-order valence-electron chi connectivity index (χ2n) is 4.09. The van der Waals surface area contributed by atoms with E-state index in [2.05, 4.69) is 3.97 Å². The molecular formula is C11H17O6PS. The van der Waals surface area contributed by atoms with Gasteiger partial charge >= 0.3 is 7.82 Å². The summed E-state index contributed by atoms with van der Waals surface area (Å²) in [5, 5.41) is 0. The van der Waals surface area contributed by atoms with Gasteiger partial charge in [0.05, 0.1) is 0 Å². The third-order valence-electron chi connectivity index (χ3n) is 3.12. The molecule has 0 fully saturated rings. The lowest BCUT2D eigenvalue weighted by Crippen LogP contribution is -2.35. The molecule has 1 rings (SSSR count). The molecule has 8 heteroatoms. The van der Waals surface area contributed by atoms with Gasteiger partial charge in [0.15, 0.2) is 0 Å². The highest BCUT2D eigenvalue weighted by atomic mass is 32.2. The maximum absolute atomic E-state index is 12.2. The van der Waals surface area contributed by atoms with E-state index in [1.54, 1.807) is 44.2 Å². The molecule has 1 aromatic rings. The molecule has 0 saturated heterocycles. The largest absolute Gasteiger partial charge is 0.484 e. The SMILES string of the molecule is CCC(CC)(c1ccccc1)S(=O)(=O)OP(=O)(O)O. The van der Waals surface area contributed by atoms with Crippen LogP contribution in [-0.2, 0) is 23.4 Å². The number of benzene rings is 1. The highest BCUT2D eigenvalue weighted by Crippen LogP contribution is 2.47. The summed E-state index contributed by atoms with van der Waals surface area (Å²) < 4.78 is 37.9. The summed E-state index contributed by atoms with van der Waals surface area (Å²) in [4.78, 5) is 17.5. The minimum absolute atomic E-state index is 0.149. The fourth-order valence-electron chi connectivity index (χ4n) is 2.10. The molecule has 0 aliphatic carbocycles. The van der Waals surface area contributed by atoms with Gasteiger partial charge in [-0.2, -0.15) is 12.4 Å². The van der Waals surface area contributed by atoms with Crippen molar-refractivity contribution in [2.24, 2.45) is 0 Å².